The van der Waals surface area contributed by atoms with Crippen LogP contribution < -0.4 is 10.2 Å². The van der Waals surface area contributed by atoms with E-state index in [1.54, 1.807) is 0 Å². The molecule has 0 aromatic heterocycles. The lowest BCUT2D eigenvalue weighted by Crippen LogP contribution is -3.14. The summed E-state index contributed by atoms with van der Waals surface area (Å²) in [6, 6.07) is 7.79. The van der Waals surface area contributed by atoms with Gasteiger partial charge in [0.2, 0.25) is 0 Å². The number of likely N-dealkylation sites (tertiary alicyclic amines) is 1. The molecule has 1 aromatic rings. The number of esters is 1. The van der Waals surface area contributed by atoms with Gasteiger partial charge in [-0.15, -0.1) is 0 Å². The molecule has 1 amide bonds. The highest BCUT2D eigenvalue weighted by molar-refractivity contribution is 5.91. The van der Waals surface area contributed by atoms with Gasteiger partial charge in [0.1, 0.15) is 0 Å². The van der Waals surface area contributed by atoms with E-state index >= 15 is 0 Å². The summed E-state index contributed by atoms with van der Waals surface area (Å²) in [5.41, 5.74) is 1.96. The molecule has 0 unspecified atom stereocenters. The zero-order valence-electron chi connectivity index (χ0n) is 13.4. The first-order valence-corrected chi connectivity index (χ1v) is 7.95. The van der Waals surface area contributed by atoms with Crippen molar-refractivity contribution in [1.29, 1.82) is 0 Å². The average molecular weight is 305 g/mol. The van der Waals surface area contributed by atoms with E-state index in [0.29, 0.717) is 13.2 Å². The lowest BCUT2D eigenvalue weighted by atomic mass is 9.97. The Bertz CT molecular complexity index is 522. The first kappa shape index (κ1) is 16.5. The number of hydrogen-bond donors (Lipinski definition) is 2. The van der Waals surface area contributed by atoms with Gasteiger partial charge in [0.25, 0.3) is 5.91 Å². The van der Waals surface area contributed by atoms with Crippen LogP contribution in [-0.2, 0) is 14.3 Å². The molecule has 1 aromatic carbocycles. The Balaban J connectivity index is 1.76. The molecule has 2 N–H and O–H groups in total. The molecule has 0 atom stereocenters. The van der Waals surface area contributed by atoms with Crippen molar-refractivity contribution in [2.24, 2.45) is 5.92 Å². The smallest absolute Gasteiger partial charge is 0.309 e. The van der Waals surface area contributed by atoms with E-state index in [1.807, 2.05) is 38.1 Å². The van der Waals surface area contributed by atoms with Gasteiger partial charge < -0.3 is 15.0 Å². The SMILES string of the molecule is CCOC(=O)C1CC[NH+](CC(=O)Nc2cccc(C)c2)CC1. The minimum absolute atomic E-state index is 0.00327. The number of benzene rings is 1. The summed E-state index contributed by atoms with van der Waals surface area (Å²) in [7, 11) is 0. The lowest BCUT2D eigenvalue weighted by Gasteiger charge is -2.27. The number of nitrogens with one attached hydrogen (secondary N) is 2. The molecule has 0 aliphatic carbocycles. The quantitative estimate of drug-likeness (QED) is 0.791. The van der Waals surface area contributed by atoms with Crippen molar-refractivity contribution in [3.8, 4) is 0 Å². The van der Waals surface area contributed by atoms with Crippen molar-refractivity contribution in [1.82, 2.24) is 0 Å². The Hall–Kier alpha value is -1.88. The van der Waals surface area contributed by atoms with Crippen molar-refractivity contribution in [2.75, 3.05) is 31.6 Å². The topological polar surface area (TPSA) is 59.8 Å². The van der Waals surface area contributed by atoms with Crippen LogP contribution in [0.4, 0.5) is 5.69 Å². The zero-order chi connectivity index (χ0) is 15.9. The molecule has 22 heavy (non-hydrogen) atoms. The van der Waals surface area contributed by atoms with Gasteiger partial charge >= 0.3 is 5.97 Å². The Morgan fingerprint density at radius 2 is 2.05 bits per heavy atom. The summed E-state index contributed by atoms with van der Waals surface area (Å²) in [5.74, 6) is -0.0653. The predicted molar refractivity (Wildman–Crippen MR) is 84.7 cm³/mol. The standard InChI is InChI=1S/C17H24N2O3/c1-3-22-17(21)14-7-9-19(10-8-14)12-16(20)18-15-6-4-5-13(2)11-15/h4-6,11,14H,3,7-10,12H2,1-2H3,(H,18,20)/p+1. The maximum absolute atomic E-state index is 12.1. The molecular weight excluding hydrogens is 280 g/mol. The van der Waals surface area contributed by atoms with Gasteiger partial charge in [-0.25, -0.2) is 0 Å². The number of anilines is 1. The third-order valence-electron chi connectivity index (χ3n) is 4.03. The monoisotopic (exact) mass is 305 g/mol. The Morgan fingerprint density at radius 3 is 2.68 bits per heavy atom. The highest BCUT2D eigenvalue weighted by atomic mass is 16.5. The van der Waals surface area contributed by atoms with Gasteiger partial charge in [0.15, 0.2) is 6.54 Å². The molecule has 1 saturated heterocycles. The van der Waals surface area contributed by atoms with Gasteiger partial charge in [-0.05, 0) is 31.5 Å². The molecule has 0 bridgehead atoms. The molecule has 0 saturated carbocycles. The van der Waals surface area contributed by atoms with Crippen molar-refractivity contribution < 1.29 is 19.2 Å². The Morgan fingerprint density at radius 1 is 1.32 bits per heavy atom. The number of amides is 1. The third-order valence-corrected chi connectivity index (χ3v) is 4.03. The number of rotatable bonds is 5. The molecule has 2 rings (SSSR count). The number of hydrogen-bond acceptors (Lipinski definition) is 3. The zero-order valence-corrected chi connectivity index (χ0v) is 13.4. The van der Waals surface area contributed by atoms with Crippen LogP contribution in [0.2, 0.25) is 0 Å². The summed E-state index contributed by atoms with van der Waals surface area (Å²) in [6.07, 6.45) is 1.60. The van der Waals surface area contributed by atoms with E-state index in [9.17, 15) is 9.59 Å². The molecule has 1 heterocycles. The van der Waals surface area contributed by atoms with E-state index in [2.05, 4.69) is 5.32 Å². The van der Waals surface area contributed by atoms with E-state index in [-0.39, 0.29) is 17.8 Å². The largest absolute Gasteiger partial charge is 0.466 e. The van der Waals surface area contributed by atoms with Crippen LogP contribution in [0.25, 0.3) is 0 Å². The van der Waals surface area contributed by atoms with Crippen LogP contribution >= 0.6 is 0 Å². The fourth-order valence-corrected chi connectivity index (χ4v) is 2.85. The summed E-state index contributed by atoms with van der Waals surface area (Å²) < 4.78 is 5.06. The fourth-order valence-electron chi connectivity index (χ4n) is 2.85. The lowest BCUT2D eigenvalue weighted by molar-refractivity contribution is -0.897. The molecule has 0 spiro atoms. The van der Waals surface area contributed by atoms with E-state index in [0.717, 1.165) is 37.2 Å². The number of aryl methyl sites for hydroxylation is 1. The van der Waals surface area contributed by atoms with Gasteiger partial charge in [0, 0.05) is 18.5 Å². The van der Waals surface area contributed by atoms with E-state index < -0.39 is 0 Å². The maximum atomic E-state index is 12.1. The van der Waals surface area contributed by atoms with Gasteiger partial charge in [-0.3, -0.25) is 9.59 Å². The van der Waals surface area contributed by atoms with E-state index in [1.165, 1.54) is 4.90 Å². The maximum Gasteiger partial charge on any atom is 0.309 e. The molecule has 120 valence electrons. The minimum Gasteiger partial charge on any atom is -0.466 e. The van der Waals surface area contributed by atoms with E-state index in [4.69, 9.17) is 4.74 Å². The van der Waals surface area contributed by atoms with Gasteiger partial charge in [-0.1, -0.05) is 12.1 Å². The number of carbonyl (C=O) groups excluding carboxylic acids is 2. The second-order valence-corrected chi connectivity index (χ2v) is 5.87. The minimum atomic E-state index is -0.0919. The highest BCUT2D eigenvalue weighted by Crippen LogP contribution is 2.12. The second-order valence-electron chi connectivity index (χ2n) is 5.87. The van der Waals surface area contributed by atoms with Crippen molar-refractivity contribution >= 4 is 17.6 Å². The van der Waals surface area contributed by atoms with Crippen molar-refractivity contribution in [2.45, 2.75) is 26.7 Å². The summed E-state index contributed by atoms with van der Waals surface area (Å²) in [4.78, 5) is 25.0. The van der Waals surface area contributed by atoms with Crippen LogP contribution in [0.5, 0.6) is 0 Å². The molecule has 5 heteroatoms. The molecule has 1 aliphatic heterocycles. The molecule has 5 nitrogen and oxygen atoms in total. The Kier molecular flexibility index (Phi) is 5.95. The molecule has 0 radical (unpaired) electrons. The average Bonchev–Trinajstić information content (AvgIpc) is 2.48. The summed E-state index contributed by atoms with van der Waals surface area (Å²) in [6.45, 7) is 6.39. The van der Waals surface area contributed by atoms with Gasteiger partial charge in [-0.2, -0.15) is 0 Å². The summed E-state index contributed by atoms with van der Waals surface area (Å²) in [5, 5.41) is 2.93. The van der Waals surface area contributed by atoms with Gasteiger partial charge in [0.05, 0.1) is 25.6 Å². The normalized spacial score (nSPS) is 21.2. The predicted octanol–water partition coefficient (Wildman–Crippen LogP) is 0.792. The van der Waals surface area contributed by atoms with Crippen LogP contribution in [0, 0.1) is 12.8 Å². The number of ether oxygens (including phenoxy) is 1. The van der Waals surface area contributed by atoms with Crippen molar-refractivity contribution in [3.63, 3.8) is 0 Å². The first-order valence-electron chi connectivity index (χ1n) is 7.95. The first-order chi connectivity index (χ1) is 10.6. The van der Waals surface area contributed by atoms with Crippen molar-refractivity contribution in [3.05, 3.63) is 29.8 Å². The molecule has 1 aliphatic rings. The molecular formula is C17H25N2O3+. The van der Waals surface area contributed by atoms with Crippen LogP contribution in [0.3, 0.4) is 0 Å². The third kappa shape index (κ3) is 4.84. The van der Waals surface area contributed by atoms with Crippen LogP contribution in [0.15, 0.2) is 24.3 Å². The summed E-state index contributed by atoms with van der Waals surface area (Å²) >= 11 is 0. The highest BCUT2D eigenvalue weighted by Gasteiger charge is 2.29. The second kappa shape index (κ2) is 7.94. The number of piperidine rings is 1. The Labute approximate surface area is 131 Å². The van der Waals surface area contributed by atoms with Crippen LogP contribution in [0.1, 0.15) is 25.3 Å². The number of quaternary nitrogens is 1. The van der Waals surface area contributed by atoms with Crippen LogP contribution in [-0.4, -0.2) is 38.1 Å². The fraction of sp³-hybridized carbons (Fsp3) is 0.529. The number of carbonyl (C=O) groups is 2. The molecule has 1 fully saturated rings.